The van der Waals surface area contributed by atoms with E-state index >= 15 is 0 Å². The molecule has 1 aliphatic rings. The molecule has 1 fully saturated rings. The van der Waals surface area contributed by atoms with Crippen LogP contribution in [0.25, 0.3) is 0 Å². The molecule has 0 aromatic heterocycles. The van der Waals surface area contributed by atoms with E-state index in [1.165, 1.54) is 24.8 Å². The molecule has 88 valence electrons. The van der Waals surface area contributed by atoms with Crippen LogP contribution in [0, 0.1) is 0 Å². The summed E-state index contributed by atoms with van der Waals surface area (Å²) >= 11 is 0. The summed E-state index contributed by atoms with van der Waals surface area (Å²) in [6.45, 7) is 4.37. The van der Waals surface area contributed by atoms with Crippen molar-refractivity contribution in [2.45, 2.75) is 38.7 Å². The van der Waals surface area contributed by atoms with Crippen LogP contribution in [0.5, 0.6) is 5.75 Å². The van der Waals surface area contributed by atoms with Gasteiger partial charge >= 0.3 is 0 Å². The van der Waals surface area contributed by atoms with Gasteiger partial charge in [-0.1, -0.05) is 19.1 Å². The van der Waals surface area contributed by atoms with Gasteiger partial charge in [-0.25, -0.2) is 0 Å². The summed E-state index contributed by atoms with van der Waals surface area (Å²) in [7, 11) is 0. The van der Waals surface area contributed by atoms with Gasteiger partial charge in [-0.05, 0) is 56.5 Å². The summed E-state index contributed by atoms with van der Waals surface area (Å²) in [4.78, 5) is 0. The Morgan fingerprint density at radius 3 is 2.56 bits per heavy atom. The maximum absolute atomic E-state index is 5.71. The number of nitrogens with one attached hydrogen (secondary N) is 1. The highest BCUT2D eigenvalue weighted by molar-refractivity contribution is 5.28. The molecule has 16 heavy (non-hydrogen) atoms. The maximum Gasteiger partial charge on any atom is 0.119 e. The predicted octanol–water partition coefficient (Wildman–Crippen LogP) is 2.77. The lowest BCUT2D eigenvalue weighted by Crippen LogP contribution is -2.17. The molecule has 2 heteroatoms. The topological polar surface area (TPSA) is 21.3 Å². The van der Waals surface area contributed by atoms with Gasteiger partial charge in [-0.15, -0.1) is 0 Å². The smallest absolute Gasteiger partial charge is 0.119 e. The summed E-state index contributed by atoms with van der Waals surface area (Å²) < 4.78 is 5.71. The molecular weight excluding hydrogens is 198 g/mol. The van der Waals surface area contributed by atoms with Crippen molar-refractivity contribution in [1.29, 1.82) is 0 Å². The first-order valence-electron chi connectivity index (χ1n) is 6.35. The number of hydrogen-bond donors (Lipinski definition) is 1. The van der Waals surface area contributed by atoms with Crippen molar-refractivity contribution in [3.63, 3.8) is 0 Å². The molecule has 1 aliphatic carbocycles. The third kappa shape index (κ3) is 3.86. The van der Waals surface area contributed by atoms with E-state index in [2.05, 4.69) is 36.5 Å². The Balaban J connectivity index is 1.72. The maximum atomic E-state index is 5.71. The van der Waals surface area contributed by atoms with Gasteiger partial charge in [-0.3, -0.25) is 0 Å². The number of hydrogen-bond acceptors (Lipinski definition) is 2. The lowest BCUT2D eigenvalue weighted by molar-refractivity contribution is 0.303. The summed E-state index contributed by atoms with van der Waals surface area (Å²) in [5.74, 6) is 1.02. The molecule has 0 atom stereocenters. The largest absolute Gasteiger partial charge is 0.490 e. The van der Waals surface area contributed by atoms with Crippen LogP contribution in [0.15, 0.2) is 24.3 Å². The van der Waals surface area contributed by atoms with Crippen molar-refractivity contribution >= 4 is 0 Å². The fraction of sp³-hybridized carbons (Fsp3) is 0.571. The Labute approximate surface area is 98.0 Å². The Morgan fingerprint density at radius 1 is 1.19 bits per heavy atom. The number of benzene rings is 1. The van der Waals surface area contributed by atoms with E-state index in [0.717, 1.165) is 25.3 Å². The van der Waals surface area contributed by atoms with E-state index in [1.807, 2.05) is 0 Å². The second kappa shape index (κ2) is 5.90. The average molecular weight is 219 g/mol. The molecule has 0 spiro atoms. The summed E-state index contributed by atoms with van der Waals surface area (Å²) in [6.07, 6.45) is 5.25. The first kappa shape index (κ1) is 11.5. The van der Waals surface area contributed by atoms with Gasteiger partial charge in [0.25, 0.3) is 0 Å². The van der Waals surface area contributed by atoms with E-state index in [1.54, 1.807) is 0 Å². The van der Waals surface area contributed by atoms with Gasteiger partial charge in [0.1, 0.15) is 5.75 Å². The monoisotopic (exact) mass is 219 g/mol. The van der Waals surface area contributed by atoms with Crippen LogP contribution in [0.2, 0.25) is 0 Å². The fourth-order valence-electron chi connectivity index (χ4n) is 1.65. The molecule has 1 N–H and O–H groups in total. The van der Waals surface area contributed by atoms with E-state index in [4.69, 9.17) is 4.74 Å². The van der Waals surface area contributed by atoms with Crippen molar-refractivity contribution in [3.05, 3.63) is 29.8 Å². The molecule has 0 saturated heterocycles. The molecule has 0 amide bonds. The standard InChI is InChI=1S/C14H21NO/c1-2-10-15-11-9-12-3-5-13(6-4-12)16-14-7-8-14/h3-6,14-15H,2,7-11H2,1H3. The lowest BCUT2D eigenvalue weighted by Gasteiger charge is -2.06. The van der Waals surface area contributed by atoms with Gasteiger partial charge in [0.15, 0.2) is 0 Å². The zero-order chi connectivity index (χ0) is 11.2. The van der Waals surface area contributed by atoms with Crippen molar-refractivity contribution in [2.24, 2.45) is 0 Å². The zero-order valence-corrected chi connectivity index (χ0v) is 10.0. The summed E-state index contributed by atoms with van der Waals surface area (Å²) in [5, 5.41) is 3.41. The molecule has 0 unspecified atom stereocenters. The van der Waals surface area contributed by atoms with E-state index in [0.29, 0.717) is 6.10 Å². The van der Waals surface area contributed by atoms with Gasteiger partial charge in [0, 0.05) is 0 Å². The van der Waals surface area contributed by atoms with Crippen LogP contribution in [0.1, 0.15) is 31.7 Å². The van der Waals surface area contributed by atoms with Crippen LogP contribution in [-0.4, -0.2) is 19.2 Å². The van der Waals surface area contributed by atoms with Crippen LogP contribution >= 0.6 is 0 Å². The molecule has 1 aromatic rings. The quantitative estimate of drug-likeness (QED) is 0.712. The molecule has 0 bridgehead atoms. The number of rotatable bonds is 7. The first-order valence-corrected chi connectivity index (χ1v) is 6.35. The average Bonchev–Trinajstić information content (AvgIpc) is 3.11. The molecule has 1 saturated carbocycles. The predicted molar refractivity (Wildman–Crippen MR) is 67.0 cm³/mol. The highest BCUT2D eigenvalue weighted by Crippen LogP contribution is 2.26. The molecule has 2 nitrogen and oxygen atoms in total. The van der Waals surface area contributed by atoms with E-state index < -0.39 is 0 Å². The third-order valence-electron chi connectivity index (χ3n) is 2.77. The lowest BCUT2D eigenvalue weighted by atomic mass is 10.1. The summed E-state index contributed by atoms with van der Waals surface area (Å²) in [5.41, 5.74) is 1.38. The molecular formula is C14H21NO. The molecule has 0 aliphatic heterocycles. The van der Waals surface area contributed by atoms with Crippen molar-refractivity contribution in [3.8, 4) is 5.75 Å². The Hall–Kier alpha value is -1.02. The minimum absolute atomic E-state index is 0.497. The van der Waals surface area contributed by atoms with E-state index in [9.17, 15) is 0 Å². The molecule has 0 radical (unpaired) electrons. The van der Waals surface area contributed by atoms with E-state index in [-0.39, 0.29) is 0 Å². The van der Waals surface area contributed by atoms with Crippen LogP contribution < -0.4 is 10.1 Å². The fourth-order valence-corrected chi connectivity index (χ4v) is 1.65. The van der Waals surface area contributed by atoms with Gasteiger partial charge in [0.2, 0.25) is 0 Å². The van der Waals surface area contributed by atoms with Gasteiger partial charge in [0.05, 0.1) is 6.10 Å². The highest BCUT2D eigenvalue weighted by Gasteiger charge is 2.23. The normalized spacial score (nSPS) is 15.1. The molecule has 0 heterocycles. The van der Waals surface area contributed by atoms with Gasteiger partial charge < -0.3 is 10.1 Å². The Bertz CT molecular complexity index is 303. The second-order valence-electron chi connectivity index (χ2n) is 4.46. The Kier molecular flexibility index (Phi) is 4.23. The molecule has 1 aromatic carbocycles. The third-order valence-corrected chi connectivity index (χ3v) is 2.77. The van der Waals surface area contributed by atoms with Crippen molar-refractivity contribution < 1.29 is 4.74 Å². The first-order chi connectivity index (χ1) is 7.88. The number of ether oxygens (including phenoxy) is 1. The van der Waals surface area contributed by atoms with Crippen molar-refractivity contribution in [1.82, 2.24) is 5.32 Å². The summed E-state index contributed by atoms with van der Waals surface area (Å²) in [6, 6.07) is 8.53. The minimum atomic E-state index is 0.497. The zero-order valence-electron chi connectivity index (χ0n) is 10.0. The Morgan fingerprint density at radius 2 is 1.94 bits per heavy atom. The van der Waals surface area contributed by atoms with Crippen LogP contribution in [0.3, 0.4) is 0 Å². The highest BCUT2D eigenvalue weighted by atomic mass is 16.5. The minimum Gasteiger partial charge on any atom is -0.490 e. The molecule has 2 rings (SSSR count). The van der Waals surface area contributed by atoms with Gasteiger partial charge in [-0.2, -0.15) is 0 Å². The van der Waals surface area contributed by atoms with Crippen LogP contribution in [0.4, 0.5) is 0 Å². The SMILES string of the molecule is CCCNCCc1ccc(OC2CC2)cc1. The van der Waals surface area contributed by atoms with Crippen molar-refractivity contribution in [2.75, 3.05) is 13.1 Å². The second-order valence-corrected chi connectivity index (χ2v) is 4.46. The van der Waals surface area contributed by atoms with Crippen LogP contribution in [-0.2, 0) is 6.42 Å².